The fourth-order valence-electron chi connectivity index (χ4n) is 2.64. The molecule has 4 N–H and O–H groups in total. The number of nitrogens with two attached hydrogens (primary N) is 1. The molecule has 0 aliphatic carbocycles. The van der Waals surface area contributed by atoms with Crippen LogP contribution in [-0.2, 0) is 0 Å². The van der Waals surface area contributed by atoms with Gasteiger partial charge in [0, 0.05) is 11.3 Å². The van der Waals surface area contributed by atoms with Gasteiger partial charge < -0.3 is 15.8 Å². The molecule has 7 nitrogen and oxygen atoms in total. The van der Waals surface area contributed by atoms with Crippen LogP contribution < -0.4 is 15.8 Å². The number of anilines is 3. The largest absolute Gasteiger partial charge is 0.573 e. The van der Waals surface area contributed by atoms with Gasteiger partial charge in [-0.3, -0.25) is 5.10 Å². The molecule has 0 amide bonds. The molecule has 0 aliphatic heterocycles. The first-order valence-electron chi connectivity index (χ1n) is 8.09. The maximum Gasteiger partial charge on any atom is 0.573 e. The van der Waals surface area contributed by atoms with E-state index >= 15 is 0 Å². The number of ether oxygens (including phenoxy) is 1. The number of hydrogen-bond donors (Lipinski definition) is 3. The van der Waals surface area contributed by atoms with E-state index in [1.54, 1.807) is 0 Å². The average Bonchev–Trinajstić information content (AvgIpc) is 3.06. The average molecular weight is 386 g/mol. The van der Waals surface area contributed by atoms with Gasteiger partial charge in [0.2, 0.25) is 0 Å². The molecule has 2 aromatic carbocycles. The lowest BCUT2D eigenvalue weighted by Crippen LogP contribution is -2.16. The zero-order valence-corrected chi connectivity index (χ0v) is 14.2. The summed E-state index contributed by atoms with van der Waals surface area (Å²) in [6.07, 6.45) is -4.74. The summed E-state index contributed by atoms with van der Waals surface area (Å²) in [6, 6.07) is 14.6. The molecule has 0 unspecified atom stereocenters. The molecule has 0 radical (unpaired) electrons. The van der Waals surface area contributed by atoms with Crippen molar-refractivity contribution in [3.05, 3.63) is 54.6 Å². The van der Waals surface area contributed by atoms with Crippen molar-refractivity contribution in [2.24, 2.45) is 0 Å². The van der Waals surface area contributed by atoms with Crippen molar-refractivity contribution in [2.75, 3.05) is 11.1 Å². The number of benzene rings is 2. The van der Waals surface area contributed by atoms with Gasteiger partial charge in [-0.2, -0.15) is 5.10 Å². The van der Waals surface area contributed by atoms with Gasteiger partial charge in [-0.1, -0.05) is 30.3 Å². The maximum atomic E-state index is 12.2. The third kappa shape index (κ3) is 3.65. The van der Waals surface area contributed by atoms with Crippen molar-refractivity contribution in [2.45, 2.75) is 6.36 Å². The summed E-state index contributed by atoms with van der Waals surface area (Å²) in [4.78, 5) is 8.73. The molecule has 0 atom stereocenters. The summed E-state index contributed by atoms with van der Waals surface area (Å²) < 4.78 is 40.6. The van der Waals surface area contributed by atoms with E-state index in [0.29, 0.717) is 28.4 Å². The Morgan fingerprint density at radius 3 is 2.36 bits per heavy atom. The van der Waals surface area contributed by atoms with Crippen molar-refractivity contribution >= 4 is 28.4 Å². The second-order valence-electron chi connectivity index (χ2n) is 5.79. The molecule has 10 heteroatoms. The van der Waals surface area contributed by atoms with Crippen molar-refractivity contribution in [3.63, 3.8) is 0 Å². The highest BCUT2D eigenvalue weighted by atomic mass is 19.4. The predicted molar refractivity (Wildman–Crippen MR) is 97.9 cm³/mol. The number of nitrogens with zero attached hydrogens (tertiary/aromatic N) is 3. The Bertz CT molecular complexity index is 1110. The normalized spacial score (nSPS) is 11.5. The van der Waals surface area contributed by atoms with Crippen LogP contribution >= 0.6 is 0 Å². The molecule has 0 spiro atoms. The molecular weight excluding hydrogens is 373 g/mol. The number of fused-ring (bicyclic) bond motifs is 1. The van der Waals surface area contributed by atoms with Crippen LogP contribution in [0.15, 0.2) is 54.6 Å². The Balaban J connectivity index is 1.61. The van der Waals surface area contributed by atoms with Crippen LogP contribution in [0.4, 0.5) is 30.5 Å². The van der Waals surface area contributed by atoms with Crippen LogP contribution in [0.3, 0.4) is 0 Å². The second-order valence-corrected chi connectivity index (χ2v) is 5.79. The van der Waals surface area contributed by atoms with Gasteiger partial charge in [0.1, 0.15) is 22.8 Å². The third-order valence-corrected chi connectivity index (χ3v) is 3.83. The van der Waals surface area contributed by atoms with E-state index in [-0.39, 0.29) is 11.6 Å². The molecule has 2 aromatic heterocycles. The van der Waals surface area contributed by atoms with E-state index in [0.717, 1.165) is 5.56 Å². The summed E-state index contributed by atoms with van der Waals surface area (Å²) in [5.74, 6) is 0.772. The number of rotatable bonds is 4. The van der Waals surface area contributed by atoms with E-state index in [1.165, 1.54) is 24.3 Å². The molecule has 0 fully saturated rings. The number of hydrogen-bond acceptors (Lipinski definition) is 6. The van der Waals surface area contributed by atoms with E-state index < -0.39 is 6.36 Å². The molecule has 0 saturated heterocycles. The van der Waals surface area contributed by atoms with Crippen LogP contribution in [0.25, 0.3) is 22.4 Å². The number of alkyl halides is 3. The smallest absolute Gasteiger partial charge is 0.406 e. The van der Waals surface area contributed by atoms with Crippen LogP contribution in [-0.4, -0.2) is 26.5 Å². The molecule has 28 heavy (non-hydrogen) atoms. The van der Waals surface area contributed by atoms with Crippen LogP contribution in [0, 0.1) is 0 Å². The lowest BCUT2D eigenvalue weighted by Gasteiger charge is -2.10. The fourth-order valence-corrected chi connectivity index (χ4v) is 2.64. The quantitative estimate of drug-likeness (QED) is 0.485. The second kappa shape index (κ2) is 6.72. The highest BCUT2D eigenvalue weighted by molar-refractivity contribution is 5.97. The Kier molecular flexibility index (Phi) is 4.22. The summed E-state index contributed by atoms with van der Waals surface area (Å²) in [5, 5.41) is 10.4. The van der Waals surface area contributed by atoms with Crippen molar-refractivity contribution in [1.29, 1.82) is 0 Å². The van der Waals surface area contributed by atoms with Gasteiger partial charge in [0.05, 0.1) is 0 Å². The molecule has 4 aromatic rings. The number of aromatic nitrogens is 4. The first kappa shape index (κ1) is 17.6. The fraction of sp³-hybridized carbons (Fsp3) is 0.0556. The van der Waals surface area contributed by atoms with E-state index in [9.17, 15) is 13.2 Å². The molecule has 0 bridgehead atoms. The molecule has 4 rings (SSSR count). The standard InChI is InChI=1S/C18H13F3N6O/c19-18(20,21)28-12-8-6-11(7-9-12)23-16-13-14(22)24-15(25-17(13)27-26-16)10-4-2-1-3-5-10/h1-9H,(H4,22,23,24,25,26,27). The Morgan fingerprint density at radius 2 is 1.68 bits per heavy atom. The van der Waals surface area contributed by atoms with E-state index in [1.807, 2.05) is 30.3 Å². The van der Waals surface area contributed by atoms with Crippen molar-refractivity contribution < 1.29 is 17.9 Å². The Hall–Kier alpha value is -3.82. The van der Waals surface area contributed by atoms with Crippen LogP contribution in [0.5, 0.6) is 5.75 Å². The van der Waals surface area contributed by atoms with Crippen molar-refractivity contribution in [3.8, 4) is 17.1 Å². The molecule has 0 aliphatic rings. The van der Waals surface area contributed by atoms with Gasteiger partial charge in [0.15, 0.2) is 11.5 Å². The van der Waals surface area contributed by atoms with Gasteiger partial charge in [-0.25, -0.2) is 9.97 Å². The highest BCUT2D eigenvalue weighted by Crippen LogP contribution is 2.30. The van der Waals surface area contributed by atoms with Crippen molar-refractivity contribution in [1.82, 2.24) is 20.2 Å². The summed E-state index contributed by atoms with van der Waals surface area (Å²) in [7, 11) is 0. The predicted octanol–water partition coefficient (Wildman–Crippen LogP) is 4.24. The monoisotopic (exact) mass is 386 g/mol. The maximum absolute atomic E-state index is 12.2. The van der Waals surface area contributed by atoms with Gasteiger partial charge in [-0.05, 0) is 24.3 Å². The number of aromatic amines is 1. The molecule has 0 saturated carbocycles. The number of H-pyrrole nitrogens is 1. The first-order chi connectivity index (χ1) is 13.4. The minimum Gasteiger partial charge on any atom is -0.406 e. The van der Waals surface area contributed by atoms with Crippen LogP contribution in [0.2, 0.25) is 0 Å². The third-order valence-electron chi connectivity index (χ3n) is 3.83. The van der Waals surface area contributed by atoms with Gasteiger partial charge in [0.25, 0.3) is 0 Å². The zero-order valence-electron chi connectivity index (χ0n) is 14.2. The summed E-state index contributed by atoms with van der Waals surface area (Å²) in [6.45, 7) is 0. The number of nitrogens with one attached hydrogen (secondary N) is 2. The van der Waals surface area contributed by atoms with Crippen LogP contribution in [0.1, 0.15) is 0 Å². The highest BCUT2D eigenvalue weighted by Gasteiger charge is 2.31. The lowest BCUT2D eigenvalue weighted by atomic mass is 10.2. The minimum atomic E-state index is -4.74. The lowest BCUT2D eigenvalue weighted by molar-refractivity contribution is -0.274. The number of nitrogen functional groups attached to an aromatic ring is 1. The summed E-state index contributed by atoms with van der Waals surface area (Å²) >= 11 is 0. The Morgan fingerprint density at radius 1 is 0.964 bits per heavy atom. The first-order valence-corrected chi connectivity index (χ1v) is 8.09. The summed E-state index contributed by atoms with van der Waals surface area (Å²) in [5.41, 5.74) is 7.76. The van der Waals surface area contributed by atoms with Gasteiger partial charge in [-0.15, -0.1) is 13.2 Å². The molecular formula is C18H13F3N6O. The molecule has 2 heterocycles. The van der Waals surface area contributed by atoms with E-state index in [2.05, 4.69) is 30.2 Å². The Labute approximate surface area is 156 Å². The molecule has 142 valence electrons. The minimum absolute atomic E-state index is 0.220. The number of halogens is 3. The van der Waals surface area contributed by atoms with Gasteiger partial charge >= 0.3 is 6.36 Å². The van der Waals surface area contributed by atoms with E-state index in [4.69, 9.17) is 5.73 Å². The SMILES string of the molecule is Nc1nc(-c2ccccc2)nc2n[nH]c(Nc3ccc(OC(F)(F)F)cc3)c12. The topological polar surface area (TPSA) is 102 Å². The zero-order chi connectivity index (χ0) is 19.7.